The van der Waals surface area contributed by atoms with Crippen molar-refractivity contribution in [3.05, 3.63) is 36.2 Å². The predicted octanol–water partition coefficient (Wildman–Crippen LogP) is 1.76. The first-order valence-corrected chi connectivity index (χ1v) is 2.75. The van der Waals surface area contributed by atoms with Gasteiger partial charge in [-0.1, -0.05) is 12.1 Å². The van der Waals surface area contributed by atoms with E-state index in [9.17, 15) is 0 Å². The maximum Gasteiger partial charge on any atom is 0.119 e. The molecule has 0 aliphatic heterocycles. The number of benzene rings is 1. The van der Waals surface area contributed by atoms with Crippen LogP contribution in [-0.2, 0) is 0 Å². The molecule has 1 heteroatoms. The number of phenolic OH excluding ortho intramolecular Hbond substituents is 1. The van der Waals surface area contributed by atoms with E-state index >= 15 is 0 Å². The summed E-state index contributed by atoms with van der Waals surface area (Å²) in [7, 11) is 0. The third-order valence-electron chi connectivity index (χ3n) is 1.19. The van der Waals surface area contributed by atoms with Crippen molar-refractivity contribution in [3.8, 4) is 5.75 Å². The van der Waals surface area contributed by atoms with Crippen molar-refractivity contribution in [1.29, 1.82) is 0 Å². The highest BCUT2D eigenvalue weighted by atomic mass is 16.3. The Bertz CT molecular complexity index is 216. The van der Waals surface area contributed by atoms with Crippen LogP contribution in [0.4, 0.5) is 0 Å². The summed E-state index contributed by atoms with van der Waals surface area (Å²) in [6.07, 6.45) is 0. The minimum absolute atomic E-state index is 0.162. The Morgan fingerprint density at radius 3 is 2.56 bits per heavy atom. The largest absolute Gasteiger partial charge is 0.508 e. The number of aromatic hydroxyl groups is 1. The first-order chi connectivity index (χ1) is 4.20. The first-order valence-electron chi connectivity index (χ1n) is 2.75. The zero-order valence-electron chi connectivity index (χ0n) is 5.26. The Labute approximate surface area is 55.0 Å². The van der Waals surface area contributed by atoms with Gasteiger partial charge in [-0.2, -0.15) is 0 Å². The van der Waals surface area contributed by atoms with E-state index in [0.717, 1.165) is 5.56 Å². The van der Waals surface area contributed by atoms with E-state index in [1.807, 2.05) is 13.0 Å². The maximum absolute atomic E-state index is 8.98. The van der Waals surface area contributed by atoms with E-state index in [1.54, 1.807) is 12.1 Å². The molecule has 0 bridgehead atoms. The number of hydrogen-bond donors (Lipinski definition) is 1. The van der Waals surface area contributed by atoms with Crippen LogP contribution in [-0.4, -0.2) is 5.11 Å². The molecule has 0 heterocycles. The lowest BCUT2D eigenvalue weighted by Gasteiger charge is -1.96. The molecule has 1 aromatic carbocycles. The van der Waals surface area contributed by atoms with Gasteiger partial charge in [-0.15, -0.1) is 0 Å². The summed E-state index contributed by atoms with van der Waals surface area (Å²) in [4.78, 5) is 0. The molecule has 0 aliphatic rings. The predicted molar refractivity (Wildman–Crippen MR) is 36.2 cm³/mol. The summed E-state index contributed by atoms with van der Waals surface area (Å²) in [6.45, 7) is 7.24. The Hall–Kier alpha value is -0.980. The molecule has 0 unspecified atom stereocenters. The number of rotatable bonds is 0. The van der Waals surface area contributed by atoms with Gasteiger partial charge in [0.15, 0.2) is 0 Å². The van der Waals surface area contributed by atoms with Crippen molar-refractivity contribution in [3.63, 3.8) is 0 Å². The van der Waals surface area contributed by atoms with Crippen molar-refractivity contribution in [2.24, 2.45) is 0 Å². The molecule has 0 saturated carbocycles. The molecular formula is C8H8O. The fraction of sp³-hybridized carbons (Fsp3) is 0.125. The van der Waals surface area contributed by atoms with E-state index < -0.39 is 0 Å². The van der Waals surface area contributed by atoms with Gasteiger partial charge in [-0.25, -0.2) is 0 Å². The van der Waals surface area contributed by atoms with E-state index in [-0.39, 0.29) is 5.75 Å². The zero-order valence-corrected chi connectivity index (χ0v) is 5.26. The Balaban J connectivity index is 3.17. The first kappa shape index (κ1) is 6.14. The Morgan fingerprint density at radius 1 is 1.44 bits per heavy atom. The average Bonchev–Trinajstić information content (AvgIpc) is 1.80. The maximum atomic E-state index is 8.98. The molecule has 0 saturated heterocycles. The number of aryl methyl sites for hydroxylation is 1. The summed E-state index contributed by atoms with van der Waals surface area (Å²) in [6, 6.07) is 5.18. The van der Waals surface area contributed by atoms with Gasteiger partial charge in [0.1, 0.15) is 5.75 Å². The van der Waals surface area contributed by atoms with Crippen LogP contribution in [0.5, 0.6) is 5.75 Å². The van der Waals surface area contributed by atoms with Gasteiger partial charge in [0.05, 0.1) is 0 Å². The Kier molecular flexibility index (Phi) is 1.43. The lowest BCUT2D eigenvalue weighted by atomic mass is 10.1. The van der Waals surface area contributed by atoms with Crippen LogP contribution in [0.2, 0.25) is 0 Å². The molecule has 9 heavy (non-hydrogen) atoms. The highest BCUT2D eigenvalue weighted by molar-refractivity contribution is 5.37. The van der Waals surface area contributed by atoms with Crippen LogP contribution < -0.4 is 0 Å². The minimum Gasteiger partial charge on any atom is -0.508 e. The second-order valence-corrected chi connectivity index (χ2v) is 2.06. The highest BCUT2D eigenvalue weighted by Gasteiger charge is 1.92. The quantitative estimate of drug-likeness (QED) is 0.553. The van der Waals surface area contributed by atoms with Crippen LogP contribution in [0.1, 0.15) is 11.1 Å². The smallest absolute Gasteiger partial charge is 0.119 e. The average molecular weight is 120 g/mol. The second kappa shape index (κ2) is 2.09. The summed E-state index contributed by atoms with van der Waals surface area (Å²) in [5.41, 5.74) is 1.45. The number of hydrogen-bond acceptors (Lipinski definition) is 1. The molecule has 0 atom stereocenters. The van der Waals surface area contributed by atoms with E-state index in [4.69, 9.17) is 12.0 Å². The topological polar surface area (TPSA) is 20.2 Å². The number of phenols is 1. The van der Waals surface area contributed by atoms with Crippen LogP contribution >= 0.6 is 0 Å². The van der Waals surface area contributed by atoms with E-state index in [2.05, 4.69) is 0 Å². The lowest BCUT2D eigenvalue weighted by Crippen LogP contribution is -1.74. The van der Waals surface area contributed by atoms with Crippen molar-refractivity contribution in [2.75, 3.05) is 0 Å². The van der Waals surface area contributed by atoms with Crippen molar-refractivity contribution < 1.29 is 5.11 Å². The second-order valence-electron chi connectivity index (χ2n) is 2.06. The molecule has 0 fully saturated rings. The molecule has 2 radical (unpaired) electrons. The van der Waals surface area contributed by atoms with Gasteiger partial charge < -0.3 is 5.11 Å². The standard InChI is InChI=1S/C8H8O/c1-6-3-4-7(2)8(9)5-6/h2-5,9H,1H3. The minimum atomic E-state index is 0.162. The molecule has 1 N–H and O–H groups in total. The van der Waals surface area contributed by atoms with Crippen LogP contribution in [0, 0.1) is 13.8 Å². The summed E-state index contributed by atoms with van der Waals surface area (Å²) >= 11 is 0. The third-order valence-corrected chi connectivity index (χ3v) is 1.19. The van der Waals surface area contributed by atoms with Gasteiger partial charge in [0.25, 0.3) is 0 Å². The molecule has 1 nitrogen and oxygen atoms in total. The fourth-order valence-electron chi connectivity index (χ4n) is 0.654. The highest BCUT2D eigenvalue weighted by Crippen LogP contribution is 2.15. The molecule has 0 aliphatic carbocycles. The molecule has 0 spiro atoms. The van der Waals surface area contributed by atoms with Gasteiger partial charge in [0, 0.05) is 6.92 Å². The van der Waals surface area contributed by atoms with Crippen molar-refractivity contribution in [2.45, 2.75) is 6.92 Å². The van der Waals surface area contributed by atoms with Crippen molar-refractivity contribution >= 4 is 0 Å². The molecule has 1 aromatic rings. The SMILES string of the molecule is [CH]c1ccc(C)cc1O. The van der Waals surface area contributed by atoms with Gasteiger partial charge in [0.2, 0.25) is 0 Å². The van der Waals surface area contributed by atoms with Crippen LogP contribution in [0.3, 0.4) is 0 Å². The van der Waals surface area contributed by atoms with Gasteiger partial charge >= 0.3 is 0 Å². The molecule has 46 valence electrons. The zero-order chi connectivity index (χ0) is 6.85. The molecule has 1 rings (SSSR count). The molecule has 0 amide bonds. The van der Waals surface area contributed by atoms with E-state index in [1.165, 1.54) is 0 Å². The summed E-state index contributed by atoms with van der Waals surface area (Å²) < 4.78 is 0. The fourth-order valence-corrected chi connectivity index (χ4v) is 0.654. The van der Waals surface area contributed by atoms with Crippen molar-refractivity contribution in [1.82, 2.24) is 0 Å². The van der Waals surface area contributed by atoms with Gasteiger partial charge in [-0.3, -0.25) is 0 Å². The lowest BCUT2D eigenvalue weighted by molar-refractivity contribution is 0.472. The third kappa shape index (κ3) is 1.22. The van der Waals surface area contributed by atoms with Crippen LogP contribution in [0.25, 0.3) is 0 Å². The molecule has 0 aromatic heterocycles. The normalized spacial score (nSPS) is 9.56. The molecular weight excluding hydrogens is 112 g/mol. The Morgan fingerprint density at radius 2 is 2.11 bits per heavy atom. The van der Waals surface area contributed by atoms with Gasteiger partial charge in [-0.05, 0) is 24.1 Å². The van der Waals surface area contributed by atoms with Crippen LogP contribution in [0.15, 0.2) is 18.2 Å². The van der Waals surface area contributed by atoms with E-state index in [0.29, 0.717) is 5.56 Å². The summed E-state index contributed by atoms with van der Waals surface area (Å²) in [5.74, 6) is 0.162. The monoisotopic (exact) mass is 120 g/mol. The summed E-state index contributed by atoms with van der Waals surface area (Å²) in [5, 5.41) is 8.98.